The summed E-state index contributed by atoms with van der Waals surface area (Å²) in [4.78, 5) is 11.8. The molecule has 3 N–H and O–H groups in total. The monoisotopic (exact) mass is 250 g/mol. The van der Waals surface area contributed by atoms with Gasteiger partial charge in [0.25, 0.3) is 5.91 Å². The molecule has 0 atom stereocenters. The van der Waals surface area contributed by atoms with E-state index in [0.717, 1.165) is 18.9 Å². The molecule has 2 rings (SSSR count). The van der Waals surface area contributed by atoms with Crippen LogP contribution >= 0.6 is 0 Å². The fraction of sp³-hybridized carbons (Fsp3) is 0.643. The minimum atomic E-state index is -0.0649. The van der Waals surface area contributed by atoms with Crippen molar-refractivity contribution in [2.45, 2.75) is 45.1 Å². The summed E-state index contributed by atoms with van der Waals surface area (Å²) in [5.74, 6) is 1.47. The molecule has 0 radical (unpaired) electrons. The number of carbonyl (C=O) groups excluding carboxylic acids is 1. The van der Waals surface area contributed by atoms with Gasteiger partial charge in [0.15, 0.2) is 0 Å². The van der Waals surface area contributed by atoms with Gasteiger partial charge in [-0.25, -0.2) is 0 Å². The van der Waals surface area contributed by atoms with Gasteiger partial charge < -0.3 is 15.5 Å². The molecule has 1 aromatic heterocycles. The lowest BCUT2D eigenvalue weighted by molar-refractivity contribution is 0.0952. The summed E-state index contributed by atoms with van der Waals surface area (Å²) in [6.07, 6.45) is 9.28. The number of furan rings is 1. The van der Waals surface area contributed by atoms with E-state index < -0.39 is 0 Å². The van der Waals surface area contributed by atoms with Crippen molar-refractivity contribution >= 4 is 5.91 Å². The molecule has 1 amide bonds. The summed E-state index contributed by atoms with van der Waals surface area (Å²) in [5.41, 5.74) is 6.00. The highest BCUT2D eigenvalue weighted by Gasteiger charge is 2.14. The molecule has 18 heavy (non-hydrogen) atoms. The van der Waals surface area contributed by atoms with Gasteiger partial charge in [0.2, 0.25) is 0 Å². The largest absolute Gasteiger partial charge is 0.467 e. The second kappa shape index (κ2) is 6.59. The van der Waals surface area contributed by atoms with Crippen molar-refractivity contribution in [1.29, 1.82) is 0 Å². The number of hydrogen-bond donors (Lipinski definition) is 2. The van der Waals surface area contributed by atoms with Crippen LogP contribution in [0.2, 0.25) is 0 Å². The van der Waals surface area contributed by atoms with Crippen LogP contribution in [-0.4, -0.2) is 12.5 Å². The van der Waals surface area contributed by atoms with Gasteiger partial charge in [-0.05, 0) is 24.8 Å². The lowest BCUT2D eigenvalue weighted by Gasteiger charge is -2.08. The Bertz CT molecular complexity index is 381. The normalized spacial score (nSPS) is 16.1. The van der Waals surface area contributed by atoms with Crippen LogP contribution in [0.5, 0.6) is 0 Å². The SMILES string of the molecule is NCc1cc(C(=O)NCCCC2CCCC2)co1. The highest BCUT2D eigenvalue weighted by Crippen LogP contribution is 2.28. The molecule has 0 bridgehead atoms. The Morgan fingerprint density at radius 2 is 2.22 bits per heavy atom. The molecule has 100 valence electrons. The second-order valence-corrected chi connectivity index (χ2v) is 5.05. The maximum atomic E-state index is 11.8. The summed E-state index contributed by atoms with van der Waals surface area (Å²) in [6, 6.07) is 1.70. The Labute approximate surface area is 108 Å². The number of hydrogen-bond acceptors (Lipinski definition) is 3. The second-order valence-electron chi connectivity index (χ2n) is 5.05. The van der Waals surface area contributed by atoms with Crippen LogP contribution in [0, 0.1) is 5.92 Å². The molecular weight excluding hydrogens is 228 g/mol. The summed E-state index contributed by atoms with van der Waals surface area (Å²) in [5, 5.41) is 2.92. The average Bonchev–Trinajstić information content (AvgIpc) is 3.05. The smallest absolute Gasteiger partial charge is 0.254 e. The summed E-state index contributed by atoms with van der Waals surface area (Å²) in [6.45, 7) is 1.08. The van der Waals surface area contributed by atoms with E-state index in [2.05, 4.69) is 5.32 Å². The molecule has 1 aliphatic carbocycles. The van der Waals surface area contributed by atoms with E-state index in [9.17, 15) is 4.79 Å². The zero-order valence-electron chi connectivity index (χ0n) is 10.8. The molecular formula is C14H22N2O2. The van der Waals surface area contributed by atoms with E-state index in [1.54, 1.807) is 6.07 Å². The minimum absolute atomic E-state index is 0.0649. The van der Waals surface area contributed by atoms with Crippen LogP contribution < -0.4 is 11.1 Å². The number of nitrogens with one attached hydrogen (secondary N) is 1. The van der Waals surface area contributed by atoms with E-state index in [-0.39, 0.29) is 5.91 Å². The first-order valence-corrected chi connectivity index (χ1v) is 6.85. The maximum Gasteiger partial charge on any atom is 0.254 e. The summed E-state index contributed by atoms with van der Waals surface area (Å²) in [7, 11) is 0. The molecule has 0 spiro atoms. The van der Waals surface area contributed by atoms with Gasteiger partial charge in [-0.15, -0.1) is 0 Å². The molecule has 1 heterocycles. The van der Waals surface area contributed by atoms with Crippen LogP contribution in [0.15, 0.2) is 16.7 Å². The first kappa shape index (κ1) is 13.1. The van der Waals surface area contributed by atoms with Crippen LogP contribution in [0.25, 0.3) is 0 Å². The molecule has 4 nitrogen and oxygen atoms in total. The third-order valence-corrected chi connectivity index (χ3v) is 3.67. The standard InChI is InChI=1S/C14H22N2O2/c15-9-13-8-12(10-18-13)14(17)16-7-3-6-11-4-1-2-5-11/h8,10-11H,1-7,9,15H2,(H,16,17). The van der Waals surface area contributed by atoms with Crippen LogP contribution in [0.3, 0.4) is 0 Å². The van der Waals surface area contributed by atoms with Crippen LogP contribution in [0.4, 0.5) is 0 Å². The zero-order chi connectivity index (χ0) is 12.8. The summed E-state index contributed by atoms with van der Waals surface area (Å²) < 4.78 is 5.14. The van der Waals surface area contributed by atoms with E-state index >= 15 is 0 Å². The third kappa shape index (κ3) is 3.60. The predicted octanol–water partition coefficient (Wildman–Crippen LogP) is 2.44. The lowest BCUT2D eigenvalue weighted by atomic mass is 10.0. The first-order chi connectivity index (χ1) is 8.79. The number of nitrogens with two attached hydrogens (primary N) is 1. The topological polar surface area (TPSA) is 68.3 Å². The Hall–Kier alpha value is -1.29. The van der Waals surface area contributed by atoms with Crippen molar-refractivity contribution in [3.63, 3.8) is 0 Å². The molecule has 4 heteroatoms. The Balaban J connectivity index is 1.65. The predicted molar refractivity (Wildman–Crippen MR) is 70.1 cm³/mol. The molecule has 1 aromatic rings. The van der Waals surface area contributed by atoms with Crippen molar-refractivity contribution in [3.8, 4) is 0 Å². The molecule has 0 saturated heterocycles. The van der Waals surface area contributed by atoms with Crippen molar-refractivity contribution in [3.05, 3.63) is 23.7 Å². The van der Waals surface area contributed by atoms with E-state index in [0.29, 0.717) is 17.9 Å². The number of carbonyl (C=O) groups is 1. The molecule has 0 unspecified atom stereocenters. The molecule has 1 saturated carbocycles. The lowest BCUT2D eigenvalue weighted by Crippen LogP contribution is -2.24. The molecule has 0 aromatic carbocycles. The van der Waals surface area contributed by atoms with Crippen molar-refractivity contribution in [1.82, 2.24) is 5.32 Å². The van der Waals surface area contributed by atoms with E-state index in [4.69, 9.17) is 10.2 Å². The van der Waals surface area contributed by atoms with Gasteiger partial charge in [-0.2, -0.15) is 0 Å². The van der Waals surface area contributed by atoms with Crippen LogP contribution in [0.1, 0.15) is 54.6 Å². The average molecular weight is 250 g/mol. The molecule has 1 aliphatic rings. The van der Waals surface area contributed by atoms with Gasteiger partial charge in [0, 0.05) is 6.54 Å². The van der Waals surface area contributed by atoms with Gasteiger partial charge in [0.1, 0.15) is 12.0 Å². The fourth-order valence-electron chi connectivity index (χ4n) is 2.60. The van der Waals surface area contributed by atoms with Gasteiger partial charge in [-0.3, -0.25) is 4.79 Å². The van der Waals surface area contributed by atoms with Gasteiger partial charge in [0.05, 0.1) is 12.1 Å². The van der Waals surface area contributed by atoms with Crippen molar-refractivity contribution in [2.75, 3.05) is 6.54 Å². The highest BCUT2D eigenvalue weighted by molar-refractivity contribution is 5.93. The van der Waals surface area contributed by atoms with E-state index in [1.807, 2.05) is 0 Å². The Morgan fingerprint density at radius 1 is 1.44 bits per heavy atom. The molecule has 0 aliphatic heterocycles. The van der Waals surface area contributed by atoms with Gasteiger partial charge >= 0.3 is 0 Å². The molecule has 1 fully saturated rings. The quantitative estimate of drug-likeness (QED) is 0.762. The number of amides is 1. The maximum absolute atomic E-state index is 11.8. The van der Waals surface area contributed by atoms with Crippen LogP contribution in [-0.2, 0) is 6.54 Å². The van der Waals surface area contributed by atoms with Crippen molar-refractivity contribution in [2.24, 2.45) is 11.7 Å². The minimum Gasteiger partial charge on any atom is -0.467 e. The zero-order valence-corrected chi connectivity index (χ0v) is 10.8. The van der Waals surface area contributed by atoms with E-state index in [1.165, 1.54) is 38.4 Å². The number of rotatable bonds is 6. The Morgan fingerprint density at radius 3 is 2.89 bits per heavy atom. The third-order valence-electron chi connectivity index (χ3n) is 3.67. The Kier molecular flexibility index (Phi) is 4.81. The fourth-order valence-corrected chi connectivity index (χ4v) is 2.60. The van der Waals surface area contributed by atoms with Gasteiger partial charge in [-0.1, -0.05) is 25.7 Å². The first-order valence-electron chi connectivity index (χ1n) is 6.85. The highest BCUT2D eigenvalue weighted by atomic mass is 16.3. The summed E-state index contributed by atoms with van der Waals surface area (Å²) >= 11 is 0. The van der Waals surface area contributed by atoms with Crippen molar-refractivity contribution < 1.29 is 9.21 Å².